The molecule has 0 unspecified atom stereocenters. The molecule has 1 amide bonds. The third-order valence-corrected chi connectivity index (χ3v) is 4.96. The Morgan fingerprint density at radius 1 is 1.37 bits per heavy atom. The lowest BCUT2D eigenvalue weighted by Crippen LogP contribution is -2.45. The topological polar surface area (TPSA) is 93.2 Å². The summed E-state index contributed by atoms with van der Waals surface area (Å²) in [7, 11) is 0. The van der Waals surface area contributed by atoms with Gasteiger partial charge >= 0.3 is 0 Å². The van der Waals surface area contributed by atoms with Crippen molar-refractivity contribution in [2.45, 2.75) is 38.5 Å². The summed E-state index contributed by atoms with van der Waals surface area (Å²) < 4.78 is 7.05. The number of nitrogens with zero attached hydrogens (tertiary/aromatic N) is 3. The zero-order valence-electron chi connectivity index (χ0n) is 15.1. The van der Waals surface area contributed by atoms with E-state index in [9.17, 15) is 9.90 Å². The zero-order valence-corrected chi connectivity index (χ0v) is 15.1. The highest BCUT2D eigenvalue weighted by molar-refractivity contribution is 5.92. The fraction of sp³-hybridized carbons (Fsp3) is 0.350. The second-order valence-electron chi connectivity index (χ2n) is 7.12. The average molecular weight is 366 g/mol. The van der Waals surface area contributed by atoms with Gasteiger partial charge in [0.2, 0.25) is 5.76 Å². The van der Waals surface area contributed by atoms with Crippen molar-refractivity contribution in [3.05, 3.63) is 60.1 Å². The molecule has 1 aliphatic carbocycles. The summed E-state index contributed by atoms with van der Waals surface area (Å²) in [4.78, 5) is 12.3. The number of hydrogen-bond donors (Lipinski definition) is 2. The predicted octanol–water partition coefficient (Wildman–Crippen LogP) is 2.80. The second-order valence-corrected chi connectivity index (χ2v) is 7.12. The van der Waals surface area contributed by atoms with E-state index in [1.54, 1.807) is 19.2 Å². The monoisotopic (exact) mass is 366 g/mol. The molecule has 0 bridgehead atoms. The standard InChI is InChI=1S/C20H22N4O3/c1-13(25)16-10-21-24(12-16)11-14-7-17(8-14)22-20(26)19-9-18(23-27-19)15-5-3-2-4-6-15/h2-6,9-10,12-14,17,25H,7-8,11H2,1H3,(H,22,26)/t13-,14-,17+/m0/s1. The van der Waals surface area contributed by atoms with Crippen LogP contribution in [0.4, 0.5) is 0 Å². The summed E-state index contributed by atoms with van der Waals surface area (Å²) in [6.07, 6.45) is 4.85. The van der Waals surface area contributed by atoms with Crippen molar-refractivity contribution >= 4 is 5.91 Å². The van der Waals surface area contributed by atoms with Crippen LogP contribution in [0.2, 0.25) is 0 Å². The molecule has 4 rings (SSSR count). The van der Waals surface area contributed by atoms with Crippen LogP contribution in [0.5, 0.6) is 0 Å². The van der Waals surface area contributed by atoms with Crippen LogP contribution in [0.25, 0.3) is 11.3 Å². The lowest BCUT2D eigenvalue weighted by molar-refractivity contribution is 0.0842. The van der Waals surface area contributed by atoms with E-state index in [2.05, 4.69) is 15.6 Å². The van der Waals surface area contributed by atoms with Gasteiger partial charge in [-0.2, -0.15) is 5.10 Å². The van der Waals surface area contributed by atoms with Gasteiger partial charge in [-0.15, -0.1) is 0 Å². The molecule has 27 heavy (non-hydrogen) atoms. The molecule has 7 nitrogen and oxygen atoms in total. The van der Waals surface area contributed by atoms with Crippen molar-refractivity contribution in [1.29, 1.82) is 0 Å². The van der Waals surface area contributed by atoms with Gasteiger partial charge in [0.1, 0.15) is 5.69 Å². The number of hydrogen-bond acceptors (Lipinski definition) is 5. The van der Waals surface area contributed by atoms with Crippen LogP contribution in [0.15, 0.2) is 53.3 Å². The van der Waals surface area contributed by atoms with Gasteiger partial charge in [0.25, 0.3) is 5.91 Å². The number of carbonyl (C=O) groups is 1. The maximum atomic E-state index is 12.3. The molecule has 0 saturated heterocycles. The Bertz CT molecular complexity index is 910. The summed E-state index contributed by atoms with van der Waals surface area (Å²) in [6, 6.07) is 11.4. The van der Waals surface area contributed by atoms with Crippen LogP contribution in [0, 0.1) is 5.92 Å². The molecular formula is C20H22N4O3. The maximum Gasteiger partial charge on any atom is 0.290 e. The van der Waals surface area contributed by atoms with Crippen molar-refractivity contribution in [2.24, 2.45) is 5.92 Å². The lowest BCUT2D eigenvalue weighted by atomic mass is 9.80. The number of amides is 1. The van der Waals surface area contributed by atoms with Gasteiger partial charge in [-0.1, -0.05) is 35.5 Å². The summed E-state index contributed by atoms with van der Waals surface area (Å²) in [6.45, 7) is 2.52. The highest BCUT2D eigenvalue weighted by atomic mass is 16.5. The molecule has 3 aromatic rings. The molecule has 0 spiro atoms. The summed E-state index contributed by atoms with van der Waals surface area (Å²) in [5.41, 5.74) is 2.39. The van der Waals surface area contributed by atoms with Crippen molar-refractivity contribution < 1.29 is 14.4 Å². The van der Waals surface area contributed by atoms with Gasteiger partial charge < -0.3 is 14.9 Å². The smallest absolute Gasteiger partial charge is 0.290 e. The van der Waals surface area contributed by atoms with Gasteiger partial charge in [-0.05, 0) is 25.7 Å². The van der Waals surface area contributed by atoms with Gasteiger partial charge in [-0.3, -0.25) is 9.48 Å². The van der Waals surface area contributed by atoms with Crippen molar-refractivity contribution in [3.63, 3.8) is 0 Å². The molecule has 1 saturated carbocycles. The van der Waals surface area contributed by atoms with Gasteiger partial charge in [-0.25, -0.2) is 0 Å². The first kappa shape index (κ1) is 17.5. The molecule has 0 radical (unpaired) electrons. The molecular weight excluding hydrogens is 344 g/mol. The Balaban J connectivity index is 1.27. The van der Waals surface area contributed by atoms with Crippen LogP contribution in [-0.2, 0) is 6.54 Å². The van der Waals surface area contributed by atoms with Crippen LogP contribution in [-0.4, -0.2) is 32.0 Å². The van der Waals surface area contributed by atoms with E-state index in [1.807, 2.05) is 41.2 Å². The third-order valence-electron chi connectivity index (χ3n) is 4.96. The molecule has 2 aromatic heterocycles. The Morgan fingerprint density at radius 2 is 2.15 bits per heavy atom. The van der Waals surface area contributed by atoms with E-state index < -0.39 is 6.10 Å². The Hall–Kier alpha value is -2.93. The van der Waals surface area contributed by atoms with E-state index in [-0.39, 0.29) is 17.7 Å². The molecule has 1 aromatic carbocycles. The largest absolute Gasteiger partial charge is 0.389 e. The van der Waals surface area contributed by atoms with E-state index in [4.69, 9.17) is 4.52 Å². The van der Waals surface area contributed by atoms with E-state index in [1.165, 1.54) is 0 Å². The number of carbonyl (C=O) groups excluding carboxylic acids is 1. The number of aliphatic hydroxyl groups excluding tert-OH is 1. The van der Waals surface area contributed by atoms with Gasteiger partial charge in [0, 0.05) is 36.0 Å². The summed E-state index contributed by atoms with van der Waals surface area (Å²) in [5, 5.41) is 20.8. The molecule has 1 atom stereocenters. The molecule has 7 heteroatoms. The SMILES string of the molecule is C[C@H](O)c1cnn(C[C@H]2C[C@@H](NC(=O)c3cc(-c4ccccc4)no3)C2)c1. The molecule has 0 aliphatic heterocycles. The Kier molecular flexibility index (Phi) is 4.77. The molecule has 1 fully saturated rings. The quantitative estimate of drug-likeness (QED) is 0.700. The van der Waals surface area contributed by atoms with Crippen LogP contribution in [0.3, 0.4) is 0 Å². The van der Waals surface area contributed by atoms with Crippen molar-refractivity contribution in [1.82, 2.24) is 20.3 Å². The van der Waals surface area contributed by atoms with Crippen molar-refractivity contribution in [2.75, 3.05) is 0 Å². The highest BCUT2D eigenvalue weighted by Crippen LogP contribution is 2.29. The van der Waals surface area contributed by atoms with E-state index in [0.29, 0.717) is 11.6 Å². The molecule has 2 heterocycles. The highest BCUT2D eigenvalue weighted by Gasteiger charge is 2.31. The first-order valence-corrected chi connectivity index (χ1v) is 9.12. The maximum absolute atomic E-state index is 12.3. The second kappa shape index (κ2) is 7.36. The van der Waals surface area contributed by atoms with Crippen molar-refractivity contribution in [3.8, 4) is 11.3 Å². The summed E-state index contributed by atoms with van der Waals surface area (Å²) >= 11 is 0. The molecule has 2 N–H and O–H groups in total. The first-order valence-electron chi connectivity index (χ1n) is 9.12. The van der Waals surface area contributed by atoms with Crippen LogP contribution < -0.4 is 5.32 Å². The molecule has 1 aliphatic rings. The minimum atomic E-state index is -0.505. The Morgan fingerprint density at radius 3 is 2.85 bits per heavy atom. The number of aliphatic hydroxyl groups is 1. The molecule has 140 valence electrons. The minimum Gasteiger partial charge on any atom is -0.389 e. The number of benzene rings is 1. The first-order chi connectivity index (χ1) is 13.1. The normalized spacial score (nSPS) is 20.1. The number of rotatable bonds is 6. The minimum absolute atomic E-state index is 0.138. The number of aromatic nitrogens is 3. The lowest BCUT2D eigenvalue weighted by Gasteiger charge is -2.35. The van der Waals surface area contributed by atoms with Crippen LogP contribution >= 0.6 is 0 Å². The fourth-order valence-electron chi connectivity index (χ4n) is 3.35. The fourth-order valence-corrected chi connectivity index (χ4v) is 3.35. The number of nitrogens with one attached hydrogen (secondary N) is 1. The van der Waals surface area contributed by atoms with E-state index in [0.717, 1.165) is 30.5 Å². The predicted molar refractivity (Wildman–Crippen MR) is 98.8 cm³/mol. The summed E-state index contributed by atoms with van der Waals surface area (Å²) in [5.74, 6) is 0.459. The van der Waals surface area contributed by atoms with Gasteiger partial charge in [0.05, 0.1) is 12.3 Å². The third kappa shape index (κ3) is 3.93. The Labute approximate surface area is 157 Å². The van der Waals surface area contributed by atoms with Crippen LogP contribution in [0.1, 0.15) is 42.0 Å². The average Bonchev–Trinajstić information content (AvgIpc) is 3.30. The zero-order chi connectivity index (χ0) is 18.8. The van der Waals surface area contributed by atoms with Gasteiger partial charge in [0.15, 0.2) is 0 Å². The van der Waals surface area contributed by atoms with E-state index >= 15 is 0 Å².